The van der Waals surface area contributed by atoms with Crippen LogP contribution in [0.15, 0.2) is 41.9 Å². The Hall–Kier alpha value is -3.68. The summed E-state index contributed by atoms with van der Waals surface area (Å²) in [6.45, 7) is 5.28. The summed E-state index contributed by atoms with van der Waals surface area (Å²) in [6, 6.07) is 5.60. The fourth-order valence-electron chi connectivity index (χ4n) is 5.74. The third-order valence-corrected chi connectivity index (χ3v) is 8.76. The van der Waals surface area contributed by atoms with Gasteiger partial charge in [-0.3, -0.25) is 0 Å². The Balaban J connectivity index is 1.58. The first-order valence-corrected chi connectivity index (χ1v) is 15.3. The van der Waals surface area contributed by atoms with Crippen LogP contribution in [0.3, 0.4) is 0 Å². The van der Waals surface area contributed by atoms with E-state index in [1.54, 1.807) is 11.3 Å². The Kier molecular flexibility index (Phi) is 9.19. The fraction of sp³-hybridized carbons (Fsp3) is 0.467. The highest BCUT2D eigenvalue weighted by molar-refractivity contribution is 7.10. The van der Waals surface area contributed by atoms with Crippen LogP contribution in [-0.4, -0.2) is 38.3 Å². The minimum absolute atomic E-state index is 0.0698. The van der Waals surface area contributed by atoms with E-state index in [0.717, 1.165) is 53.1 Å². The van der Waals surface area contributed by atoms with E-state index < -0.39 is 23.5 Å². The van der Waals surface area contributed by atoms with E-state index in [0.29, 0.717) is 18.3 Å². The molecule has 5 rings (SSSR count). The summed E-state index contributed by atoms with van der Waals surface area (Å²) < 4.78 is 82.0. The van der Waals surface area contributed by atoms with Gasteiger partial charge in [-0.05, 0) is 84.7 Å². The molecule has 1 saturated carbocycles. The molecular weight excluding hydrogens is 604 g/mol. The van der Waals surface area contributed by atoms with E-state index in [2.05, 4.69) is 20.3 Å². The van der Waals surface area contributed by atoms with Crippen LogP contribution in [0.4, 0.5) is 38.1 Å². The number of rotatable bonds is 10. The number of hydrogen-bond donors (Lipinski definition) is 0. The quantitative estimate of drug-likeness (QED) is 0.165. The number of anilines is 2. The molecule has 0 radical (unpaired) electrons. The van der Waals surface area contributed by atoms with Crippen molar-refractivity contribution >= 4 is 23.1 Å². The Labute approximate surface area is 255 Å². The van der Waals surface area contributed by atoms with Gasteiger partial charge in [0.15, 0.2) is 0 Å². The number of aromatic nitrogens is 5. The van der Waals surface area contributed by atoms with E-state index >= 15 is 0 Å². The van der Waals surface area contributed by atoms with Gasteiger partial charge in [0.1, 0.15) is 5.82 Å². The molecule has 1 aliphatic carbocycles. The SMILES string of the molecule is CCN(CC1CCCC1)c1ncc(-c2ccsc2C)cc1CN(Cc1cc(C(F)(F)F)cc(C(F)(F)F)c1)c1nnn(C)n1. The first kappa shape index (κ1) is 31.7. The second-order valence-electron chi connectivity index (χ2n) is 11.1. The van der Waals surface area contributed by atoms with E-state index in [9.17, 15) is 26.3 Å². The third kappa shape index (κ3) is 7.33. The lowest BCUT2D eigenvalue weighted by Crippen LogP contribution is -2.32. The molecule has 0 saturated heterocycles. The summed E-state index contributed by atoms with van der Waals surface area (Å²) in [7, 11) is 1.54. The minimum atomic E-state index is -4.96. The molecule has 0 atom stereocenters. The van der Waals surface area contributed by atoms with Gasteiger partial charge >= 0.3 is 12.4 Å². The molecule has 14 heteroatoms. The van der Waals surface area contributed by atoms with Crippen LogP contribution >= 0.6 is 11.3 Å². The maximum absolute atomic E-state index is 13.7. The van der Waals surface area contributed by atoms with Crippen LogP contribution in [0.1, 0.15) is 59.7 Å². The summed E-state index contributed by atoms with van der Waals surface area (Å²) in [4.78, 5) is 10.9. The number of benzene rings is 1. The van der Waals surface area contributed by atoms with Crippen molar-refractivity contribution in [3.05, 3.63) is 69.0 Å². The molecule has 1 aromatic carbocycles. The lowest BCUT2D eigenvalue weighted by molar-refractivity contribution is -0.143. The van der Waals surface area contributed by atoms with Gasteiger partial charge in [-0.2, -0.15) is 31.1 Å². The first-order valence-electron chi connectivity index (χ1n) is 14.4. The molecule has 1 fully saturated rings. The number of thiophene rings is 1. The van der Waals surface area contributed by atoms with Crippen LogP contribution in [0.25, 0.3) is 11.1 Å². The predicted octanol–water partition coefficient (Wildman–Crippen LogP) is 7.90. The van der Waals surface area contributed by atoms with Gasteiger partial charge in [-0.15, -0.1) is 16.4 Å². The topological polar surface area (TPSA) is 63.0 Å². The van der Waals surface area contributed by atoms with Crippen LogP contribution in [0.5, 0.6) is 0 Å². The number of alkyl halides is 6. The van der Waals surface area contributed by atoms with Gasteiger partial charge < -0.3 is 9.80 Å². The van der Waals surface area contributed by atoms with Crippen molar-refractivity contribution in [3.8, 4) is 11.1 Å². The van der Waals surface area contributed by atoms with Gasteiger partial charge in [0.2, 0.25) is 0 Å². The molecule has 4 aromatic rings. The number of tetrazole rings is 1. The lowest BCUT2D eigenvalue weighted by Gasteiger charge is -2.30. The Morgan fingerprint density at radius 1 is 0.955 bits per heavy atom. The third-order valence-electron chi connectivity index (χ3n) is 7.91. The van der Waals surface area contributed by atoms with Crippen LogP contribution in [-0.2, 0) is 32.5 Å². The number of pyridine rings is 1. The smallest absolute Gasteiger partial charge is 0.356 e. The van der Waals surface area contributed by atoms with Crippen molar-refractivity contribution in [2.75, 3.05) is 22.9 Å². The molecule has 0 aliphatic heterocycles. The van der Waals surface area contributed by atoms with Crippen LogP contribution in [0.2, 0.25) is 0 Å². The van der Waals surface area contributed by atoms with Gasteiger partial charge in [-0.25, -0.2) is 4.98 Å². The van der Waals surface area contributed by atoms with Crippen molar-refractivity contribution < 1.29 is 26.3 Å². The molecule has 44 heavy (non-hydrogen) atoms. The van der Waals surface area contributed by atoms with E-state index in [1.807, 2.05) is 37.6 Å². The van der Waals surface area contributed by atoms with Crippen molar-refractivity contribution in [2.24, 2.45) is 13.0 Å². The second-order valence-corrected chi connectivity index (χ2v) is 12.3. The summed E-state index contributed by atoms with van der Waals surface area (Å²) in [5.41, 5.74) is -0.308. The summed E-state index contributed by atoms with van der Waals surface area (Å²) in [6.07, 6.45) is -3.48. The van der Waals surface area contributed by atoms with Gasteiger partial charge in [0.25, 0.3) is 5.95 Å². The Morgan fingerprint density at radius 2 is 1.64 bits per heavy atom. The van der Waals surface area contributed by atoms with Crippen molar-refractivity contribution in [1.82, 2.24) is 25.2 Å². The molecule has 3 aromatic heterocycles. The van der Waals surface area contributed by atoms with Crippen LogP contribution < -0.4 is 9.80 Å². The van der Waals surface area contributed by atoms with Gasteiger partial charge in [-0.1, -0.05) is 17.9 Å². The van der Waals surface area contributed by atoms with E-state index in [1.165, 1.54) is 29.6 Å². The molecule has 1 aliphatic rings. The Morgan fingerprint density at radius 3 is 2.18 bits per heavy atom. The number of hydrogen-bond acceptors (Lipinski definition) is 7. The highest BCUT2D eigenvalue weighted by Gasteiger charge is 2.37. The molecule has 7 nitrogen and oxygen atoms in total. The zero-order valence-corrected chi connectivity index (χ0v) is 25.4. The number of aryl methyl sites for hydroxylation is 2. The van der Waals surface area contributed by atoms with Crippen molar-refractivity contribution in [1.29, 1.82) is 0 Å². The van der Waals surface area contributed by atoms with Gasteiger partial charge in [0, 0.05) is 48.4 Å². The lowest BCUT2D eigenvalue weighted by atomic mass is 10.0. The molecule has 236 valence electrons. The molecule has 0 N–H and O–H groups in total. The molecule has 0 spiro atoms. The van der Waals surface area contributed by atoms with E-state index in [-0.39, 0.29) is 30.7 Å². The average Bonchev–Trinajstić information content (AvgIpc) is 3.73. The normalized spacial score (nSPS) is 14.4. The number of halogens is 6. The van der Waals surface area contributed by atoms with Crippen LogP contribution in [0, 0.1) is 12.8 Å². The maximum atomic E-state index is 13.7. The average molecular weight is 638 g/mol. The zero-order valence-electron chi connectivity index (χ0n) is 24.6. The molecule has 0 bridgehead atoms. The fourth-order valence-corrected chi connectivity index (χ4v) is 6.46. The zero-order chi connectivity index (χ0) is 31.6. The maximum Gasteiger partial charge on any atom is 0.416 e. The summed E-state index contributed by atoms with van der Waals surface area (Å²) in [5.74, 6) is 1.30. The second kappa shape index (κ2) is 12.7. The molecule has 0 unspecified atom stereocenters. The first-order chi connectivity index (χ1) is 20.8. The van der Waals surface area contributed by atoms with Gasteiger partial charge in [0.05, 0.1) is 18.2 Å². The molecule has 0 amide bonds. The van der Waals surface area contributed by atoms with Crippen molar-refractivity contribution in [3.63, 3.8) is 0 Å². The predicted molar refractivity (Wildman–Crippen MR) is 157 cm³/mol. The standard InChI is InChI=1S/C30H33F6N7S/c1-4-42(16-20-7-5-6-8-20)27-23(13-22(15-37-27)26-9-10-44-19(26)2)18-43(28-38-40-41(3)39-28)17-21-11-24(29(31,32)33)14-25(12-21)30(34,35)36/h9-15,20H,4-8,16-18H2,1-3H3. The highest BCUT2D eigenvalue weighted by atomic mass is 32.1. The van der Waals surface area contributed by atoms with Crippen molar-refractivity contribution in [2.45, 2.75) is 65.0 Å². The molecular formula is C30H33F6N7S. The summed E-state index contributed by atoms with van der Waals surface area (Å²) in [5, 5.41) is 14.2. The monoisotopic (exact) mass is 637 g/mol. The highest BCUT2D eigenvalue weighted by Crippen LogP contribution is 2.38. The Bertz CT molecular complexity index is 1540. The number of nitrogens with zero attached hydrogens (tertiary/aromatic N) is 7. The molecule has 3 heterocycles. The van der Waals surface area contributed by atoms with E-state index in [4.69, 9.17) is 4.98 Å². The minimum Gasteiger partial charge on any atom is -0.356 e. The largest absolute Gasteiger partial charge is 0.416 e. The summed E-state index contributed by atoms with van der Waals surface area (Å²) >= 11 is 1.60.